The first kappa shape index (κ1) is 25.6. The predicted molar refractivity (Wildman–Crippen MR) is 118 cm³/mol. The van der Waals surface area contributed by atoms with Crippen LogP contribution in [-0.2, 0) is 24.3 Å². The summed E-state index contributed by atoms with van der Waals surface area (Å²) in [5, 5.41) is 2.73. The van der Waals surface area contributed by atoms with E-state index in [4.69, 9.17) is 9.47 Å². The lowest BCUT2D eigenvalue weighted by Crippen LogP contribution is -2.41. The maximum atomic E-state index is 14.0. The smallest absolute Gasteiger partial charge is 0.309 e. The number of amides is 1. The zero-order valence-corrected chi connectivity index (χ0v) is 19.6. The molecule has 1 heterocycles. The van der Waals surface area contributed by atoms with Gasteiger partial charge in [0.25, 0.3) is 5.91 Å². The average molecular weight is 497 g/mol. The summed E-state index contributed by atoms with van der Waals surface area (Å²) in [5.41, 5.74) is 0.771. The third-order valence-electron chi connectivity index (χ3n) is 5.63. The number of halogens is 2. The van der Waals surface area contributed by atoms with E-state index in [0.29, 0.717) is 11.8 Å². The maximum absolute atomic E-state index is 14.0. The zero-order chi connectivity index (χ0) is 24.9. The van der Waals surface area contributed by atoms with E-state index in [-0.39, 0.29) is 32.0 Å². The second-order valence-corrected chi connectivity index (χ2v) is 9.80. The monoisotopic (exact) mass is 496 g/mol. The van der Waals surface area contributed by atoms with Crippen LogP contribution in [0, 0.1) is 17.6 Å². The summed E-state index contributed by atoms with van der Waals surface area (Å²) < 4.78 is 64.1. The number of hydrogen-bond donors (Lipinski definition) is 1. The topological polar surface area (TPSA) is 102 Å². The Balaban J connectivity index is 1.50. The number of sulfonamides is 1. The number of nitrogens with one attached hydrogen (secondary N) is 1. The van der Waals surface area contributed by atoms with Gasteiger partial charge in [0.1, 0.15) is 22.3 Å². The number of esters is 1. The van der Waals surface area contributed by atoms with Crippen LogP contribution in [0.4, 0.5) is 8.78 Å². The van der Waals surface area contributed by atoms with Crippen LogP contribution in [0.3, 0.4) is 0 Å². The van der Waals surface area contributed by atoms with Crippen molar-refractivity contribution in [3.63, 3.8) is 0 Å². The minimum atomic E-state index is -4.24. The Hall–Kier alpha value is -3.05. The molecule has 1 aliphatic rings. The van der Waals surface area contributed by atoms with Gasteiger partial charge in [0.2, 0.25) is 10.0 Å². The Morgan fingerprint density at radius 2 is 1.82 bits per heavy atom. The normalized spacial score (nSPS) is 16.0. The molecule has 8 nitrogen and oxygen atoms in total. The molecule has 1 fully saturated rings. The number of benzene rings is 2. The summed E-state index contributed by atoms with van der Waals surface area (Å²) in [6.45, 7) is 1.17. The summed E-state index contributed by atoms with van der Waals surface area (Å²) in [4.78, 5) is 23.9. The van der Waals surface area contributed by atoms with Crippen LogP contribution in [0.15, 0.2) is 47.4 Å². The van der Waals surface area contributed by atoms with E-state index in [2.05, 4.69) is 5.32 Å². The number of nitrogens with zero attached hydrogens (tertiary/aromatic N) is 1. The van der Waals surface area contributed by atoms with Gasteiger partial charge in [-0.3, -0.25) is 9.59 Å². The Kier molecular flexibility index (Phi) is 8.21. The molecule has 1 unspecified atom stereocenters. The lowest BCUT2D eigenvalue weighted by Gasteiger charge is -2.30. The van der Waals surface area contributed by atoms with Crippen molar-refractivity contribution in [2.75, 3.05) is 26.8 Å². The molecule has 0 radical (unpaired) electrons. The molecule has 0 spiro atoms. The highest BCUT2D eigenvalue weighted by molar-refractivity contribution is 7.89. The molecule has 0 saturated carbocycles. The second kappa shape index (κ2) is 10.9. The molecule has 34 heavy (non-hydrogen) atoms. The van der Waals surface area contributed by atoms with Crippen LogP contribution >= 0.6 is 0 Å². The molecule has 2 aromatic carbocycles. The van der Waals surface area contributed by atoms with E-state index in [1.54, 1.807) is 13.0 Å². The van der Waals surface area contributed by atoms with Crippen molar-refractivity contribution in [3.8, 4) is 5.75 Å². The molecule has 0 aliphatic carbocycles. The average Bonchev–Trinajstić information content (AvgIpc) is 2.83. The third-order valence-corrected chi connectivity index (χ3v) is 7.54. The van der Waals surface area contributed by atoms with Crippen molar-refractivity contribution in [3.05, 3.63) is 59.7 Å². The van der Waals surface area contributed by atoms with Crippen molar-refractivity contribution in [2.45, 2.75) is 30.7 Å². The third kappa shape index (κ3) is 5.89. The van der Waals surface area contributed by atoms with Crippen LogP contribution in [0.5, 0.6) is 5.75 Å². The van der Waals surface area contributed by atoms with Gasteiger partial charge < -0.3 is 14.8 Å². The summed E-state index contributed by atoms with van der Waals surface area (Å²) in [6.07, 6.45) is 0.266. The molecule has 184 valence electrons. The molecule has 1 atom stereocenters. The fourth-order valence-corrected chi connectivity index (χ4v) is 5.33. The van der Waals surface area contributed by atoms with Gasteiger partial charge in [0.15, 0.2) is 6.61 Å². The van der Waals surface area contributed by atoms with E-state index in [0.717, 1.165) is 22.0 Å². The van der Waals surface area contributed by atoms with Gasteiger partial charge in [0, 0.05) is 18.7 Å². The molecular weight excluding hydrogens is 470 g/mol. The van der Waals surface area contributed by atoms with Gasteiger partial charge in [-0.05, 0) is 44.0 Å². The lowest BCUT2D eigenvalue weighted by molar-refractivity contribution is -0.153. The molecule has 1 saturated heterocycles. The fraction of sp³-hybridized carbons (Fsp3) is 0.391. The van der Waals surface area contributed by atoms with Crippen LogP contribution in [-0.4, -0.2) is 51.4 Å². The quantitative estimate of drug-likeness (QED) is 0.564. The highest BCUT2D eigenvalue weighted by atomic mass is 32.2. The van der Waals surface area contributed by atoms with E-state index in [1.165, 1.54) is 7.11 Å². The fourth-order valence-electron chi connectivity index (χ4n) is 3.79. The Bertz CT molecular complexity index is 1150. The van der Waals surface area contributed by atoms with Gasteiger partial charge in [-0.25, -0.2) is 17.2 Å². The van der Waals surface area contributed by atoms with Crippen molar-refractivity contribution in [2.24, 2.45) is 5.92 Å². The molecule has 1 aliphatic heterocycles. The van der Waals surface area contributed by atoms with Crippen molar-refractivity contribution in [1.82, 2.24) is 9.62 Å². The number of methoxy groups -OCH3 is 1. The van der Waals surface area contributed by atoms with Crippen LogP contribution < -0.4 is 10.1 Å². The van der Waals surface area contributed by atoms with E-state index in [1.807, 2.05) is 18.2 Å². The van der Waals surface area contributed by atoms with Crippen LogP contribution in [0.25, 0.3) is 0 Å². The van der Waals surface area contributed by atoms with Gasteiger partial charge >= 0.3 is 5.97 Å². The number of ether oxygens (including phenoxy) is 2. The van der Waals surface area contributed by atoms with E-state index < -0.39 is 51.0 Å². The summed E-state index contributed by atoms with van der Waals surface area (Å²) in [7, 11) is -2.72. The molecule has 2 aromatic rings. The minimum Gasteiger partial charge on any atom is -0.496 e. The van der Waals surface area contributed by atoms with Gasteiger partial charge in [0.05, 0.1) is 19.1 Å². The number of carbonyl (C=O) groups excluding carboxylic acids is 2. The first-order chi connectivity index (χ1) is 16.1. The maximum Gasteiger partial charge on any atom is 0.309 e. The van der Waals surface area contributed by atoms with Gasteiger partial charge in [-0.15, -0.1) is 0 Å². The van der Waals surface area contributed by atoms with Gasteiger partial charge in [-0.1, -0.05) is 18.2 Å². The SMILES string of the molecule is COc1ccccc1C(C)NC(=O)COC(=O)C1CCN(S(=O)(=O)c2cc(F)ccc2F)CC1. The van der Waals surface area contributed by atoms with Crippen molar-refractivity contribution >= 4 is 21.9 Å². The number of rotatable bonds is 8. The second-order valence-electron chi connectivity index (χ2n) is 7.89. The molecule has 1 amide bonds. The van der Waals surface area contributed by atoms with Crippen molar-refractivity contribution < 1.29 is 36.3 Å². The molecule has 0 bridgehead atoms. The first-order valence-electron chi connectivity index (χ1n) is 10.7. The van der Waals surface area contributed by atoms with Crippen LogP contribution in [0.1, 0.15) is 31.4 Å². The number of carbonyl (C=O) groups is 2. The first-order valence-corrected chi connectivity index (χ1v) is 12.1. The van der Waals surface area contributed by atoms with Gasteiger partial charge in [-0.2, -0.15) is 4.31 Å². The standard InChI is InChI=1S/C23H26F2N2O6S/c1-15(18-5-3-4-6-20(18)32-2)26-22(28)14-33-23(29)16-9-11-27(12-10-16)34(30,31)21-13-17(24)7-8-19(21)25/h3-8,13,15-16H,9-12,14H2,1-2H3,(H,26,28). The summed E-state index contributed by atoms with van der Waals surface area (Å²) in [5.74, 6) is -3.01. The Morgan fingerprint density at radius 1 is 1.15 bits per heavy atom. The Labute approximate surface area is 196 Å². The highest BCUT2D eigenvalue weighted by Crippen LogP contribution is 2.27. The summed E-state index contributed by atoms with van der Waals surface area (Å²) >= 11 is 0. The predicted octanol–water partition coefficient (Wildman–Crippen LogP) is 2.79. The molecule has 11 heteroatoms. The Morgan fingerprint density at radius 3 is 2.50 bits per heavy atom. The van der Waals surface area contributed by atoms with E-state index in [9.17, 15) is 26.8 Å². The highest BCUT2D eigenvalue weighted by Gasteiger charge is 2.34. The van der Waals surface area contributed by atoms with E-state index >= 15 is 0 Å². The number of para-hydroxylation sites is 1. The van der Waals surface area contributed by atoms with Crippen LogP contribution in [0.2, 0.25) is 0 Å². The zero-order valence-electron chi connectivity index (χ0n) is 18.8. The number of hydrogen-bond acceptors (Lipinski definition) is 6. The summed E-state index contributed by atoms with van der Waals surface area (Å²) in [6, 6.07) is 9.06. The molecule has 3 rings (SSSR count). The molecule has 1 N–H and O–H groups in total. The van der Waals surface area contributed by atoms with Crippen molar-refractivity contribution in [1.29, 1.82) is 0 Å². The number of piperidine rings is 1. The molecular formula is C23H26F2N2O6S. The largest absolute Gasteiger partial charge is 0.496 e. The minimum absolute atomic E-state index is 0.0604. The molecule has 0 aromatic heterocycles. The lowest BCUT2D eigenvalue weighted by atomic mass is 9.98.